The molecule has 0 radical (unpaired) electrons. The zero-order valence-corrected chi connectivity index (χ0v) is 11.3. The monoisotopic (exact) mass is 280 g/mol. The second kappa shape index (κ2) is 6.30. The van der Waals surface area contributed by atoms with Crippen molar-refractivity contribution < 1.29 is 9.59 Å². The summed E-state index contributed by atoms with van der Waals surface area (Å²) in [5.41, 5.74) is 1.86. The maximum Gasteiger partial charge on any atom is 0.315 e. The van der Waals surface area contributed by atoms with Crippen LogP contribution in [0.15, 0.2) is 42.6 Å². The Labute approximate surface area is 121 Å². The zero-order valence-electron chi connectivity index (χ0n) is 11.3. The van der Waals surface area contributed by atoms with Crippen LogP contribution in [0.3, 0.4) is 0 Å². The van der Waals surface area contributed by atoms with Gasteiger partial charge >= 0.3 is 11.8 Å². The number of rotatable bonds is 2. The number of aromatic nitrogens is 1. The summed E-state index contributed by atoms with van der Waals surface area (Å²) in [4.78, 5) is 27.4. The number of hydrogen-bond donors (Lipinski definition) is 2. The molecule has 1 heterocycles. The quantitative estimate of drug-likeness (QED) is 0.820. The molecular formula is C15H12N4O2. The fraction of sp³-hybridized carbons (Fsp3) is 0.0667. The smallest absolute Gasteiger partial charge is 0.315 e. The Hall–Kier alpha value is -3.20. The van der Waals surface area contributed by atoms with Crippen molar-refractivity contribution >= 4 is 23.3 Å². The van der Waals surface area contributed by atoms with Crippen LogP contribution in [-0.2, 0) is 9.59 Å². The highest BCUT2D eigenvalue weighted by molar-refractivity contribution is 6.43. The standard InChI is InChI=1S/C15H12N4O2/c1-10-2-7-13(17-9-10)19-15(21)14(20)18-12-5-3-11(8-16)4-6-12/h2-7,9H,1H3,(H,18,20)(H,17,19,21). The minimum atomic E-state index is -0.810. The van der Waals surface area contributed by atoms with E-state index in [1.54, 1.807) is 42.6 Å². The third kappa shape index (κ3) is 3.88. The van der Waals surface area contributed by atoms with Gasteiger partial charge < -0.3 is 10.6 Å². The van der Waals surface area contributed by atoms with E-state index in [0.29, 0.717) is 17.1 Å². The van der Waals surface area contributed by atoms with Gasteiger partial charge in [0.1, 0.15) is 5.82 Å². The lowest BCUT2D eigenvalue weighted by molar-refractivity contribution is -0.133. The van der Waals surface area contributed by atoms with Gasteiger partial charge in [0.25, 0.3) is 0 Å². The van der Waals surface area contributed by atoms with E-state index in [1.807, 2.05) is 13.0 Å². The molecule has 0 atom stereocenters. The number of pyridine rings is 1. The first-order valence-electron chi connectivity index (χ1n) is 6.13. The Bertz CT molecular complexity index is 700. The van der Waals surface area contributed by atoms with E-state index in [0.717, 1.165) is 5.56 Å². The summed E-state index contributed by atoms with van der Waals surface area (Å²) in [5, 5.41) is 13.5. The van der Waals surface area contributed by atoms with Gasteiger partial charge in [-0.25, -0.2) is 4.98 Å². The summed E-state index contributed by atoms with van der Waals surface area (Å²) in [6.07, 6.45) is 1.59. The molecule has 6 heteroatoms. The van der Waals surface area contributed by atoms with Crippen LogP contribution in [0, 0.1) is 18.3 Å². The first-order chi connectivity index (χ1) is 10.1. The number of amides is 2. The second-order valence-electron chi connectivity index (χ2n) is 4.32. The molecule has 0 unspecified atom stereocenters. The predicted molar refractivity (Wildman–Crippen MR) is 77.4 cm³/mol. The van der Waals surface area contributed by atoms with Crippen molar-refractivity contribution in [1.82, 2.24) is 4.98 Å². The molecule has 0 aliphatic carbocycles. The number of hydrogen-bond acceptors (Lipinski definition) is 4. The summed E-state index contributed by atoms with van der Waals surface area (Å²) >= 11 is 0. The number of nitriles is 1. The third-order valence-corrected chi connectivity index (χ3v) is 2.63. The molecule has 0 aliphatic heterocycles. The van der Waals surface area contributed by atoms with E-state index in [2.05, 4.69) is 15.6 Å². The number of nitrogens with one attached hydrogen (secondary N) is 2. The van der Waals surface area contributed by atoms with Gasteiger partial charge in [0, 0.05) is 11.9 Å². The van der Waals surface area contributed by atoms with Gasteiger partial charge in [0.15, 0.2) is 0 Å². The van der Waals surface area contributed by atoms with Crippen molar-refractivity contribution in [2.24, 2.45) is 0 Å². The van der Waals surface area contributed by atoms with Crippen molar-refractivity contribution in [1.29, 1.82) is 5.26 Å². The summed E-state index contributed by atoms with van der Waals surface area (Å²) in [6.45, 7) is 1.87. The van der Waals surface area contributed by atoms with Gasteiger partial charge in [-0.05, 0) is 42.8 Å². The molecule has 2 N–H and O–H groups in total. The summed E-state index contributed by atoms with van der Waals surface area (Å²) in [5.74, 6) is -1.31. The van der Waals surface area contributed by atoms with Crippen LogP contribution >= 0.6 is 0 Å². The highest BCUT2D eigenvalue weighted by Crippen LogP contribution is 2.09. The molecule has 1 aromatic heterocycles. The van der Waals surface area contributed by atoms with Crippen molar-refractivity contribution in [2.75, 3.05) is 10.6 Å². The minimum Gasteiger partial charge on any atom is -0.318 e. The number of carbonyl (C=O) groups excluding carboxylic acids is 2. The molecule has 6 nitrogen and oxygen atoms in total. The van der Waals surface area contributed by atoms with Gasteiger partial charge in [-0.2, -0.15) is 5.26 Å². The largest absolute Gasteiger partial charge is 0.318 e. The normalized spacial score (nSPS) is 9.52. The Balaban J connectivity index is 1.97. The highest BCUT2D eigenvalue weighted by Gasteiger charge is 2.14. The lowest BCUT2D eigenvalue weighted by Crippen LogP contribution is -2.29. The topological polar surface area (TPSA) is 94.9 Å². The van der Waals surface area contributed by atoms with E-state index in [9.17, 15) is 9.59 Å². The Morgan fingerprint density at radius 3 is 2.29 bits per heavy atom. The molecule has 0 aliphatic rings. The fourth-order valence-corrected chi connectivity index (χ4v) is 1.53. The van der Waals surface area contributed by atoms with Crippen LogP contribution in [0.1, 0.15) is 11.1 Å². The summed E-state index contributed by atoms with van der Waals surface area (Å²) < 4.78 is 0. The van der Waals surface area contributed by atoms with E-state index >= 15 is 0 Å². The number of benzene rings is 1. The first-order valence-corrected chi connectivity index (χ1v) is 6.13. The maximum atomic E-state index is 11.7. The maximum absolute atomic E-state index is 11.7. The summed E-state index contributed by atoms with van der Waals surface area (Å²) in [7, 11) is 0. The van der Waals surface area contributed by atoms with Crippen LogP contribution in [0.25, 0.3) is 0 Å². The molecule has 2 aromatic rings. The molecule has 2 rings (SSSR count). The molecule has 21 heavy (non-hydrogen) atoms. The fourth-order valence-electron chi connectivity index (χ4n) is 1.53. The lowest BCUT2D eigenvalue weighted by atomic mass is 10.2. The average Bonchev–Trinajstić information content (AvgIpc) is 2.50. The van der Waals surface area contributed by atoms with Crippen LogP contribution in [0.2, 0.25) is 0 Å². The third-order valence-electron chi connectivity index (χ3n) is 2.63. The van der Waals surface area contributed by atoms with Crippen molar-refractivity contribution in [3.8, 4) is 6.07 Å². The Morgan fingerprint density at radius 1 is 1.05 bits per heavy atom. The molecule has 0 saturated heterocycles. The number of aryl methyl sites for hydroxylation is 1. The van der Waals surface area contributed by atoms with E-state index in [4.69, 9.17) is 5.26 Å². The predicted octanol–water partition coefficient (Wildman–Crippen LogP) is 1.84. The Morgan fingerprint density at radius 2 is 1.71 bits per heavy atom. The van der Waals surface area contributed by atoms with Crippen LogP contribution in [-0.4, -0.2) is 16.8 Å². The Kier molecular flexibility index (Phi) is 4.26. The van der Waals surface area contributed by atoms with Gasteiger partial charge in [0.05, 0.1) is 11.6 Å². The van der Waals surface area contributed by atoms with Crippen molar-refractivity contribution in [3.63, 3.8) is 0 Å². The number of carbonyl (C=O) groups is 2. The van der Waals surface area contributed by atoms with Crippen LogP contribution < -0.4 is 10.6 Å². The second-order valence-corrected chi connectivity index (χ2v) is 4.32. The van der Waals surface area contributed by atoms with Gasteiger partial charge in [-0.3, -0.25) is 9.59 Å². The molecule has 0 bridgehead atoms. The molecule has 1 aromatic carbocycles. The molecule has 104 valence electrons. The van der Waals surface area contributed by atoms with E-state index < -0.39 is 11.8 Å². The minimum absolute atomic E-state index is 0.306. The number of anilines is 2. The lowest BCUT2D eigenvalue weighted by Gasteiger charge is -2.06. The zero-order chi connectivity index (χ0) is 15.2. The van der Waals surface area contributed by atoms with E-state index in [1.165, 1.54) is 0 Å². The molecule has 0 fully saturated rings. The van der Waals surface area contributed by atoms with E-state index in [-0.39, 0.29) is 0 Å². The van der Waals surface area contributed by atoms with Crippen molar-refractivity contribution in [3.05, 3.63) is 53.7 Å². The van der Waals surface area contributed by atoms with Gasteiger partial charge in [-0.1, -0.05) is 6.07 Å². The van der Waals surface area contributed by atoms with Crippen molar-refractivity contribution in [2.45, 2.75) is 6.92 Å². The van der Waals surface area contributed by atoms with Crippen LogP contribution in [0.5, 0.6) is 0 Å². The summed E-state index contributed by atoms with van der Waals surface area (Å²) in [6, 6.07) is 11.6. The SMILES string of the molecule is Cc1ccc(NC(=O)C(=O)Nc2ccc(C#N)cc2)nc1. The molecule has 2 amide bonds. The molecule has 0 spiro atoms. The molecular weight excluding hydrogens is 268 g/mol. The first kappa shape index (κ1) is 14.2. The van der Waals surface area contributed by atoms with Gasteiger partial charge in [0.2, 0.25) is 0 Å². The van der Waals surface area contributed by atoms with Crippen LogP contribution in [0.4, 0.5) is 11.5 Å². The average molecular weight is 280 g/mol. The van der Waals surface area contributed by atoms with Gasteiger partial charge in [-0.15, -0.1) is 0 Å². The number of nitrogens with zero attached hydrogens (tertiary/aromatic N) is 2. The highest BCUT2D eigenvalue weighted by atomic mass is 16.2. The molecule has 0 saturated carbocycles.